The summed E-state index contributed by atoms with van der Waals surface area (Å²) in [4.78, 5) is 15.1. The molecule has 3 rings (SSSR count). The van der Waals surface area contributed by atoms with E-state index in [-0.39, 0.29) is 17.9 Å². The monoisotopic (exact) mass is 382 g/mol. The second kappa shape index (κ2) is 7.31. The van der Waals surface area contributed by atoms with E-state index in [0.717, 1.165) is 31.5 Å². The van der Waals surface area contributed by atoms with Crippen molar-refractivity contribution >= 4 is 15.9 Å². The van der Waals surface area contributed by atoms with Gasteiger partial charge in [0.25, 0.3) is 5.91 Å². The van der Waals surface area contributed by atoms with E-state index in [9.17, 15) is 13.2 Å². The molecule has 0 saturated carbocycles. The number of sulfonamides is 1. The van der Waals surface area contributed by atoms with Crippen molar-refractivity contribution in [2.45, 2.75) is 57.7 Å². The van der Waals surface area contributed by atoms with Crippen molar-refractivity contribution in [2.75, 3.05) is 19.6 Å². The molecule has 0 aliphatic carbocycles. The maximum Gasteiger partial charge on any atom is 0.272 e. The number of fused-ring (bicyclic) bond motifs is 1. The van der Waals surface area contributed by atoms with E-state index < -0.39 is 15.3 Å². The molecule has 146 valence electrons. The lowest BCUT2D eigenvalue weighted by atomic mass is 9.84. The van der Waals surface area contributed by atoms with Crippen molar-refractivity contribution in [1.29, 1.82) is 0 Å². The van der Waals surface area contributed by atoms with Gasteiger partial charge in [0.05, 0.1) is 10.9 Å². The van der Waals surface area contributed by atoms with Crippen LogP contribution in [-0.4, -0.2) is 64.2 Å². The molecule has 2 atom stereocenters. The molecule has 1 aromatic rings. The molecule has 0 spiro atoms. The fourth-order valence-corrected chi connectivity index (χ4v) is 5.55. The molecule has 0 aromatic carbocycles. The summed E-state index contributed by atoms with van der Waals surface area (Å²) >= 11 is 0. The van der Waals surface area contributed by atoms with Crippen LogP contribution in [0.25, 0.3) is 0 Å². The summed E-state index contributed by atoms with van der Waals surface area (Å²) < 4.78 is 28.3. The van der Waals surface area contributed by atoms with Gasteiger partial charge in [-0.1, -0.05) is 6.92 Å². The minimum absolute atomic E-state index is 0.0227. The van der Waals surface area contributed by atoms with E-state index in [2.05, 4.69) is 5.10 Å². The third-order valence-corrected chi connectivity index (χ3v) is 8.00. The number of aryl methyl sites for hydroxylation is 2. The lowest BCUT2D eigenvalue weighted by Gasteiger charge is -2.47. The Balaban J connectivity index is 1.78. The molecule has 0 radical (unpaired) electrons. The minimum atomic E-state index is -3.23. The lowest BCUT2D eigenvalue weighted by molar-refractivity contribution is 0.0324. The first-order valence-electron chi connectivity index (χ1n) is 9.58. The van der Waals surface area contributed by atoms with Crippen LogP contribution in [0.4, 0.5) is 0 Å². The Morgan fingerprint density at radius 2 is 2.04 bits per heavy atom. The summed E-state index contributed by atoms with van der Waals surface area (Å²) in [6.07, 6.45) is 3.40. The van der Waals surface area contributed by atoms with E-state index in [4.69, 9.17) is 0 Å². The third kappa shape index (κ3) is 3.41. The Bertz CT molecular complexity index is 771. The number of likely N-dealkylation sites (tertiary alicyclic amines) is 1. The zero-order valence-corrected chi connectivity index (χ0v) is 17.0. The van der Waals surface area contributed by atoms with E-state index in [0.29, 0.717) is 25.2 Å². The standard InChI is InChI=1S/C18H30N4O3S/c1-5-15-11-17(20(4)19-15)18(23)22-9-6-7-14-12-21(10-8-16(14)22)26(24,25)13(2)3/h11,13-14,16H,5-10,12H2,1-4H3/t14-,16-/m1/s1. The predicted octanol–water partition coefficient (Wildman–Crippen LogP) is 1.65. The highest BCUT2D eigenvalue weighted by molar-refractivity contribution is 7.89. The van der Waals surface area contributed by atoms with Crippen molar-refractivity contribution < 1.29 is 13.2 Å². The van der Waals surface area contributed by atoms with Gasteiger partial charge in [-0.15, -0.1) is 0 Å². The normalized spacial score (nSPS) is 24.7. The maximum atomic E-state index is 13.1. The third-order valence-electron chi connectivity index (χ3n) is 5.76. The maximum absolute atomic E-state index is 13.1. The molecule has 8 heteroatoms. The van der Waals surface area contributed by atoms with Crippen molar-refractivity contribution in [3.63, 3.8) is 0 Å². The van der Waals surface area contributed by atoms with Gasteiger partial charge in [0, 0.05) is 32.7 Å². The molecule has 3 heterocycles. The number of carbonyl (C=O) groups is 1. The second-order valence-corrected chi connectivity index (χ2v) is 10.2. The summed E-state index contributed by atoms with van der Waals surface area (Å²) in [5, 5.41) is 3.99. The highest BCUT2D eigenvalue weighted by Gasteiger charge is 2.42. The van der Waals surface area contributed by atoms with Crippen molar-refractivity contribution in [1.82, 2.24) is 19.0 Å². The smallest absolute Gasteiger partial charge is 0.272 e. The fraction of sp³-hybridized carbons (Fsp3) is 0.778. The van der Waals surface area contributed by atoms with Gasteiger partial charge in [-0.2, -0.15) is 5.10 Å². The molecule has 7 nitrogen and oxygen atoms in total. The van der Waals surface area contributed by atoms with Gasteiger partial charge >= 0.3 is 0 Å². The summed E-state index contributed by atoms with van der Waals surface area (Å²) in [5.74, 6) is 0.239. The van der Waals surface area contributed by atoms with Crippen LogP contribution in [0.2, 0.25) is 0 Å². The Hall–Kier alpha value is -1.41. The largest absolute Gasteiger partial charge is 0.334 e. The van der Waals surface area contributed by atoms with Gasteiger partial charge in [-0.25, -0.2) is 12.7 Å². The average Bonchev–Trinajstić information content (AvgIpc) is 3.00. The van der Waals surface area contributed by atoms with Crippen LogP contribution in [-0.2, 0) is 23.5 Å². The lowest BCUT2D eigenvalue weighted by Crippen LogP contribution is -2.57. The second-order valence-electron chi connectivity index (χ2n) is 7.71. The van der Waals surface area contributed by atoms with Crippen LogP contribution < -0.4 is 0 Å². The van der Waals surface area contributed by atoms with E-state index in [1.807, 2.05) is 24.9 Å². The van der Waals surface area contributed by atoms with Gasteiger partial charge in [0.2, 0.25) is 10.0 Å². The topological polar surface area (TPSA) is 75.5 Å². The van der Waals surface area contributed by atoms with Gasteiger partial charge in [-0.05, 0) is 51.5 Å². The number of nitrogens with zero attached hydrogens (tertiary/aromatic N) is 4. The van der Waals surface area contributed by atoms with Gasteiger partial charge in [0.1, 0.15) is 5.69 Å². The van der Waals surface area contributed by atoms with Gasteiger partial charge in [0.15, 0.2) is 0 Å². The van der Waals surface area contributed by atoms with E-state index >= 15 is 0 Å². The van der Waals surface area contributed by atoms with E-state index in [1.165, 1.54) is 0 Å². The zero-order chi connectivity index (χ0) is 19.1. The van der Waals surface area contributed by atoms with E-state index in [1.54, 1.807) is 22.8 Å². The highest BCUT2D eigenvalue weighted by Crippen LogP contribution is 2.33. The Morgan fingerprint density at radius 1 is 1.31 bits per heavy atom. The number of aromatic nitrogens is 2. The molecule has 0 unspecified atom stereocenters. The Morgan fingerprint density at radius 3 is 2.65 bits per heavy atom. The molecule has 0 bridgehead atoms. The average molecular weight is 383 g/mol. The number of piperidine rings is 2. The van der Waals surface area contributed by atoms with Crippen LogP contribution in [0.15, 0.2) is 6.07 Å². The first-order chi connectivity index (χ1) is 12.3. The summed E-state index contributed by atoms with van der Waals surface area (Å²) in [6.45, 7) is 7.25. The number of rotatable bonds is 4. The van der Waals surface area contributed by atoms with Crippen LogP contribution >= 0.6 is 0 Å². The highest BCUT2D eigenvalue weighted by atomic mass is 32.2. The van der Waals surface area contributed by atoms with Crippen LogP contribution in [0.3, 0.4) is 0 Å². The quantitative estimate of drug-likeness (QED) is 0.793. The number of hydrogen-bond acceptors (Lipinski definition) is 4. The SMILES string of the molecule is CCc1cc(C(=O)N2CCC[C@@H]3CN(S(=O)(=O)C(C)C)CC[C@H]32)n(C)n1. The summed E-state index contributed by atoms with van der Waals surface area (Å²) in [5.41, 5.74) is 1.54. The molecular formula is C18H30N4O3S. The Kier molecular flexibility index (Phi) is 5.44. The summed E-state index contributed by atoms with van der Waals surface area (Å²) in [7, 11) is -1.42. The molecule has 0 N–H and O–H groups in total. The van der Waals surface area contributed by atoms with Crippen molar-refractivity contribution in [2.24, 2.45) is 13.0 Å². The Labute approximate surface area is 156 Å². The molecule has 26 heavy (non-hydrogen) atoms. The van der Waals surface area contributed by atoms with Gasteiger partial charge in [-0.3, -0.25) is 9.48 Å². The molecule has 2 aliphatic heterocycles. The fourth-order valence-electron chi connectivity index (χ4n) is 4.20. The van der Waals surface area contributed by atoms with Crippen molar-refractivity contribution in [3.05, 3.63) is 17.5 Å². The molecule has 1 aromatic heterocycles. The van der Waals surface area contributed by atoms with Crippen LogP contribution in [0, 0.1) is 5.92 Å². The van der Waals surface area contributed by atoms with Gasteiger partial charge < -0.3 is 4.90 Å². The molecule has 2 fully saturated rings. The molecule has 2 saturated heterocycles. The first kappa shape index (κ1) is 19.4. The molecular weight excluding hydrogens is 352 g/mol. The number of hydrogen-bond donors (Lipinski definition) is 0. The first-order valence-corrected chi connectivity index (χ1v) is 11.1. The zero-order valence-electron chi connectivity index (χ0n) is 16.2. The summed E-state index contributed by atoms with van der Waals surface area (Å²) in [6, 6.07) is 2.00. The minimum Gasteiger partial charge on any atom is -0.334 e. The van der Waals surface area contributed by atoms with Crippen molar-refractivity contribution in [3.8, 4) is 0 Å². The number of amides is 1. The molecule has 1 amide bonds. The number of carbonyl (C=O) groups excluding carboxylic acids is 1. The molecule has 2 aliphatic rings. The van der Waals surface area contributed by atoms with Crippen LogP contribution in [0.1, 0.15) is 56.2 Å². The predicted molar refractivity (Wildman–Crippen MR) is 100 cm³/mol. The van der Waals surface area contributed by atoms with Crippen LogP contribution in [0.5, 0.6) is 0 Å².